The molecule has 0 spiro atoms. The van der Waals surface area contributed by atoms with Gasteiger partial charge in [0.15, 0.2) is 0 Å². The third kappa shape index (κ3) is 3.45. The number of alkyl halides is 3. The van der Waals surface area contributed by atoms with Crippen molar-refractivity contribution in [2.45, 2.75) is 38.1 Å². The third-order valence-corrected chi connectivity index (χ3v) is 3.70. The maximum atomic E-state index is 13.3. The summed E-state index contributed by atoms with van der Waals surface area (Å²) in [5.74, 6) is -1.02. The van der Waals surface area contributed by atoms with Crippen LogP contribution in [0.15, 0.2) is 36.0 Å². The van der Waals surface area contributed by atoms with E-state index in [1.54, 1.807) is 0 Å². The van der Waals surface area contributed by atoms with E-state index >= 15 is 0 Å². The van der Waals surface area contributed by atoms with Crippen LogP contribution in [0.3, 0.4) is 0 Å². The van der Waals surface area contributed by atoms with E-state index in [-0.39, 0.29) is 21.3 Å². The van der Waals surface area contributed by atoms with Crippen molar-refractivity contribution >= 4 is 17.5 Å². The predicted molar refractivity (Wildman–Crippen MR) is 79.4 cm³/mol. The molecule has 2 N–H and O–H groups in total. The van der Waals surface area contributed by atoms with Crippen LogP contribution in [0.2, 0.25) is 5.02 Å². The highest BCUT2D eigenvalue weighted by atomic mass is 35.5. The molecule has 0 unspecified atom stereocenters. The van der Waals surface area contributed by atoms with Crippen molar-refractivity contribution in [3.8, 4) is 0 Å². The van der Waals surface area contributed by atoms with Crippen LogP contribution < -0.4 is 5.43 Å². The van der Waals surface area contributed by atoms with Gasteiger partial charge in [0.05, 0.1) is 0 Å². The lowest BCUT2D eigenvalue weighted by Gasteiger charge is -2.33. The number of hydrogen-bond acceptors (Lipinski definition) is 3. The SMILES string of the molecule is CCCCC1=C[C@@](O)(C(F)(F)F)N(C(=O)c2cccc(Cl)c2)N1. The molecule has 0 fully saturated rings. The quantitative estimate of drug-likeness (QED) is 0.873. The monoisotopic (exact) mass is 348 g/mol. The number of carbonyl (C=O) groups is 1. The van der Waals surface area contributed by atoms with Crippen molar-refractivity contribution < 1.29 is 23.1 Å². The summed E-state index contributed by atoms with van der Waals surface area (Å²) in [6.07, 6.45) is -2.70. The van der Waals surface area contributed by atoms with Crippen molar-refractivity contribution in [1.29, 1.82) is 0 Å². The van der Waals surface area contributed by atoms with E-state index < -0.39 is 17.8 Å². The second kappa shape index (κ2) is 6.41. The van der Waals surface area contributed by atoms with Crippen molar-refractivity contribution in [3.63, 3.8) is 0 Å². The maximum Gasteiger partial charge on any atom is 0.442 e. The minimum Gasteiger partial charge on any atom is -0.359 e. The zero-order chi connectivity index (χ0) is 17.3. The van der Waals surface area contributed by atoms with E-state index in [0.717, 1.165) is 6.42 Å². The van der Waals surface area contributed by atoms with Crippen molar-refractivity contribution in [2.75, 3.05) is 0 Å². The van der Waals surface area contributed by atoms with Gasteiger partial charge in [0, 0.05) is 16.3 Å². The van der Waals surface area contributed by atoms with E-state index in [9.17, 15) is 23.1 Å². The lowest BCUT2D eigenvalue weighted by atomic mass is 10.1. The Kier molecular flexibility index (Phi) is 4.91. The first-order valence-corrected chi connectivity index (χ1v) is 7.44. The van der Waals surface area contributed by atoms with Gasteiger partial charge in [-0.05, 0) is 37.1 Å². The topological polar surface area (TPSA) is 52.6 Å². The number of hydrazine groups is 1. The first-order valence-electron chi connectivity index (χ1n) is 7.06. The standard InChI is InChI=1S/C15H16ClF3N2O2/c1-2-3-7-12-9-14(23,15(17,18)19)21(20-12)13(22)10-5-4-6-11(16)8-10/h4-6,8-9,20,23H,2-3,7H2,1H3/t14-/m1/s1. The van der Waals surface area contributed by atoms with Crippen molar-refractivity contribution in [2.24, 2.45) is 0 Å². The lowest BCUT2D eigenvalue weighted by molar-refractivity contribution is -0.283. The molecular formula is C15H16ClF3N2O2. The largest absolute Gasteiger partial charge is 0.442 e. The van der Waals surface area contributed by atoms with Crippen LogP contribution in [0, 0.1) is 0 Å². The summed E-state index contributed by atoms with van der Waals surface area (Å²) in [4.78, 5) is 12.4. The van der Waals surface area contributed by atoms with Gasteiger partial charge in [-0.2, -0.15) is 13.2 Å². The smallest absolute Gasteiger partial charge is 0.359 e. The maximum absolute atomic E-state index is 13.3. The summed E-state index contributed by atoms with van der Waals surface area (Å²) >= 11 is 5.76. The number of amides is 1. The van der Waals surface area contributed by atoms with Gasteiger partial charge in [0.2, 0.25) is 0 Å². The number of allylic oxidation sites excluding steroid dienone is 1. The number of rotatable bonds is 4. The number of nitrogens with zero attached hydrogens (tertiary/aromatic N) is 1. The minimum absolute atomic E-state index is 0.0576. The minimum atomic E-state index is -5.04. The molecule has 0 saturated heterocycles. The summed E-state index contributed by atoms with van der Waals surface area (Å²) in [5.41, 5.74) is -0.924. The Morgan fingerprint density at radius 3 is 2.70 bits per heavy atom. The molecule has 1 heterocycles. The fraction of sp³-hybridized carbons (Fsp3) is 0.400. The summed E-state index contributed by atoms with van der Waals surface area (Å²) in [7, 11) is 0. The second-order valence-electron chi connectivity index (χ2n) is 5.26. The van der Waals surface area contributed by atoms with Gasteiger partial charge in [-0.25, -0.2) is 5.01 Å². The van der Waals surface area contributed by atoms with Crippen molar-refractivity contribution in [3.05, 3.63) is 46.6 Å². The van der Waals surface area contributed by atoms with Gasteiger partial charge in [-0.3, -0.25) is 10.2 Å². The molecule has 8 heteroatoms. The van der Waals surface area contributed by atoms with Gasteiger partial charge in [0.1, 0.15) is 0 Å². The highest BCUT2D eigenvalue weighted by Crippen LogP contribution is 2.39. The Labute approximate surface area is 136 Å². The highest BCUT2D eigenvalue weighted by molar-refractivity contribution is 6.30. The first kappa shape index (κ1) is 17.6. The van der Waals surface area contributed by atoms with Gasteiger partial charge in [-0.1, -0.05) is 31.0 Å². The molecule has 23 heavy (non-hydrogen) atoms. The van der Waals surface area contributed by atoms with Crippen LogP contribution in [0.4, 0.5) is 13.2 Å². The zero-order valence-electron chi connectivity index (χ0n) is 12.3. The third-order valence-electron chi connectivity index (χ3n) is 3.46. The second-order valence-corrected chi connectivity index (χ2v) is 5.70. The summed E-state index contributed by atoms with van der Waals surface area (Å²) < 4.78 is 39.9. The van der Waals surface area contributed by atoms with Gasteiger partial charge in [-0.15, -0.1) is 0 Å². The number of benzene rings is 1. The average Bonchev–Trinajstić information content (AvgIpc) is 2.82. The van der Waals surface area contributed by atoms with Gasteiger partial charge >= 0.3 is 6.18 Å². The molecule has 0 saturated carbocycles. The van der Waals surface area contributed by atoms with Crippen molar-refractivity contribution in [1.82, 2.24) is 10.4 Å². The van der Waals surface area contributed by atoms with Gasteiger partial charge in [0.25, 0.3) is 11.6 Å². The molecule has 1 atom stereocenters. The zero-order valence-corrected chi connectivity index (χ0v) is 13.1. The fourth-order valence-electron chi connectivity index (χ4n) is 2.23. The van der Waals surface area contributed by atoms with Crippen LogP contribution in [0.5, 0.6) is 0 Å². The Morgan fingerprint density at radius 1 is 1.43 bits per heavy atom. The van der Waals surface area contributed by atoms with E-state index in [2.05, 4.69) is 5.43 Å². The first-order chi connectivity index (χ1) is 10.7. The Bertz CT molecular complexity index is 633. The molecule has 4 nitrogen and oxygen atoms in total. The molecule has 1 aliphatic heterocycles. The molecule has 1 aromatic rings. The number of aliphatic hydroxyl groups is 1. The molecular weight excluding hydrogens is 333 g/mol. The molecule has 0 bridgehead atoms. The molecule has 0 aromatic heterocycles. The normalized spacial score (nSPS) is 21.1. The van der Waals surface area contributed by atoms with Crippen LogP contribution in [0.25, 0.3) is 0 Å². The summed E-state index contributed by atoms with van der Waals surface area (Å²) in [6.45, 7) is 1.89. The number of nitrogens with one attached hydrogen (secondary N) is 1. The van der Waals surface area contributed by atoms with Crippen LogP contribution >= 0.6 is 11.6 Å². The summed E-state index contributed by atoms with van der Waals surface area (Å²) in [6, 6.07) is 5.52. The predicted octanol–water partition coefficient (Wildman–Crippen LogP) is 3.63. The molecule has 2 rings (SSSR count). The molecule has 0 aliphatic carbocycles. The van der Waals surface area contributed by atoms with E-state index in [4.69, 9.17) is 11.6 Å². The van der Waals surface area contributed by atoms with Gasteiger partial charge < -0.3 is 5.11 Å². The lowest BCUT2D eigenvalue weighted by Crippen LogP contribution is -2.60. The van der Waals surface area contributed by atoms with E-state index in [0.29, 0.717) is 18.9 Å². The Hall–Kier alpha value is -1.73. The van der Waals surface area contributed by atoms with Crippen LogP contribution in [-0.2, 0) is 0 Å². The van der Waals surface area contributed by atoms with Crippen LogP contribution in [0.1, 0.15) is 36.5 Å². The molecule has 1 aromatic carbocycles. The summed E-state index contributed by atoms with van der Waals surface area (Å²) in [5, 5.41) is 10.5. The molecule has 0 radical (unpaired) electrons. The highest BCUT2D eigenvalue weighted by Gasteiger charge is 2.61. The Balaban J connectivity index is 2.35. The molecule has 1 aliphatic rings. The fourth-order valence-corrected chi connectivity index (χ4v) is 2.42. The van der Waals surface area contributed by atoms with E-state index in [1.165, 1.54) is 24.3 Å². The number of hydrogen-bond donors (Lipinski definition) is 2. The number of unbranched alkanes of at least 4 members (excludes halogenated alkanes) is 1. The Morgan fingerprint density at radius 2 is 2.13 bits per heavy atom. The number of halogens is 4. The molecule has 1 amide bonds. The van der Waals surface area contributed by atoms with E-state index in [1.807, 2.05) is 6.92 Å². The van der Waals surface area contributed by atoms with Crippen LogP contribution in [-0.4, -0.2) is 27.9 Å². The molecule has 126 valence electrons. The number of carbonyl (C=O) groups excluding carboxylic acids is 1. The average molecular weight is 349 g/mol.